The third-order valence-electron chi connectivity index (χ3n) is 4.70. The number of carbonyl (C=O) groups excluding carboxylic acids is 5. The number of amides is 5. The van der Waals surface area contributed by atoms with E-state index in [4.69, 9.17) is 9.47 Å². The molecular formula is C19H18F3N3O7. The third-order valence-corrected chi connectivity index (χ3v) is 4.70. The summed E-state index contributed by atoms with van der Waals surface area (Å²) in [6.07, 6.45) is -4.96. The fourth-order valence-corrected chi connectivity index (χ4v) is 3.25. The van der Waals surface area contributed by atoms with Crippen LogP contribution in [0.3, 0.4) is 0 Å². The molecule has 2 aliphatic heterocycles. The molecule has 0 saturated carbocycles. The van der Waals surface area contributed by atoms with Crippen molar-refractivity contribution in [3.05, 3.63) is 29.3 Å². The molecule has 2 heterocycles. The lowest BCUT2D eigenvalue weighted by Crippen LogP contribution is -2.54. The van der Waals surface area contributed by atoms with E-state index in [9.17, 15) is 37.1 Å². The van der Waals surface area contributed by atoms with Crippen LogP contribution >= 0.6 is 0 Å². The minimum Gasteiger partial charge on any atom is -0.490 e. The lowest BCUT2D eigenvalue weighted by molar-refractivity contribution is -0.173. The number of hydrogen-bond acceptors (Lipinski definition) is 7. The van der Waals surface area contributed by atoms with Crippen molar-refractivity contribution in [2.24, 2.45) is 0 Å². The van der Waals surface area contributed by atoms with Crippen LogP contribution in [0.15, 0.2) is 18.2 Å². The van der Waals surface area contributed by atoms with Crippen LogP contribution in [-0.2, 0) is 19.1 Å². The van der Waals surface area contributed by atoms with E-state index in [1.165, 1.54) is 18.2 Å². The van der Waals surface area contributed by atoms with Crippen LogP contribution in [0.4, 0.5) is 13.2 Å². The van der Waals surface area contributed by atoms with Gasteiger partial charge in [0.15, 0.2) is 0 Å². The number of fused-ring (bicyclic) bond motifs is 1. The van der Waals surface area contributed by atoms with Crippen molar-refractivity contribution in [2.45, 2.75) is 25.1 Å². The molecule has 13 heteroatoms. The van der Waals surface area contributed by atoms with Crippen molar-refractivity contribution in [3.8, 4) is 5.75 Å². The van der Waals surface area contributed by atoms with Gasteiger partial charge < -0.3 is 14.8 Å². The van der Waals surface area contributed by atoms with Crippen molar-refractivity contribution < 1.29 is 46.6 Å². The van der Waals surface area contributed by atoms with E-state index in [2.05, 4.69) is 5.32 Å². The van der Waals surface area contributed by atoms with Crippen LogP contribution in [0, 0.1) is 0 Å². The highest BCUT2D eigenvalue weighted by atomic mass is 19.4. The molecular weight excluding hydrogens is 439 g/mol. The van der Waals surface area contributed by atoms with Gasteiger partial charge in [-0.25, -0.2) is 0 Å². The number of ether oxygens (including phenoxy) is 2. The van der Waals surface area contributed by atoms with Gasteiger partial charge in [0.2, 0.25) is 11.8 Å². The third kappa shape index (κ3) is 4.88. The predicted octanol–water partition coefficient (Wildman–Crippen LogP) is 0.162. The Morgan fingerprint density at radius 1 is 1.12 bits per heavy atom. The van der Waals surface area contributed by atoms with Gasteiger partial charge >= 0.3 is 12.1 Å². The smallest absolute Gasteiger partial charge is 0.471 e. The predicted molar refractivity (Wildman–Crippen MR) is 98.5 cm³/mol. The molecule has 0 radical (unpaired) electrons. The zero-order chi connectivity index (χ0) is 23.5. The number of piperidine rings is 1. The van der Waals surface area contributed by atoms with Gasteiger partial charge in [-0.05, 0) is 18.6 Å². The number of imide groups is 2. The molecule has 0 aromatic heterocycles. The Balaban J connectivity index is 1.54. The van der Waals surface area contributed by atoms with Gasteiger partial charge in [-0.15, -0.1) is 0 Å². The fraction of sp³-hybridized carbons (Fsp3) is 0.421. The fourth-order valence-electron chi connectivity index (χ4n) is 3.25. The summed E-state index contributed by atoms with van der Waals surface area (Å²) in [5, 5.41) is 3.75. The number of benzene rings is 1. The number of alkyl halides is 3. The molecule has 2 N–H and O–H groups in total. The Bertz CT molecular complexity index is 964. The van der Waals surface area contributed by atoms with Crippen molar-refractivity contribution in [1.29, 1.82) is 0 Å². The molecule has 1 aromatic carbocycles. The van der Waals surface area contributed by atoms with Crippen LogP contribution in [0.1, 0.15) is 33.6 Å². The SMILES string of the molecule is O=C1CCC(N2C(=O)c3cccc(OCCOCCNC(=O)C(F)(F)F)c3C2=O)C(=O)N1. The lowest BCUT2D eigenvalue weighted by Gasteiger charge is -2.27. The van der Waals surface area contributed by atoms with E-state index >= 15 is 0 Å². The van der Waals surface area contributed by atoms with Gasteiger partial charge in [0.1, 0.15) is 18.4 Å². The Morgan fingerprint density at radius 2 is 1.88 bits per heavy atom. The van der Waals surface area contributed by atoms with Crippen LogP contribution in [0.25, 0.3) is 0 Å². The molecule has 1 unspecified atom stereocenters. The monoisotopic (exact) mass is 457 g/mol. The van der Waals surface area contributed by atoms with E-state index in [0.29, 0.717) is 0 Å². The molecule has 10 nitrogen and oxygen atoms in total. The second-order valence-corrected chi connectivity index (χ2v) is 6.84. The number of nitrogens with one attached hydrogen (secondary N) is 2. The Kier molecular flexibility index (Phi) is 6.77. The summed E-state index contributed by atoms with van der Waals surface area (Å²) >= 11 is 0. The van der Waals surface area contributed by atoms with E-state index in [1.54, 1.807) is 5.32 Å². The topological polar surface area (TPSA) is 131 Å². The number of carbonyl (C=O) groups is 5. The average molecular weight is 457 g/mol. The molecule has 3 rings (SSSR count). The number of rotatable bonds is 8. The van der Waals surface area contributed by atoms with Crippen LogP contribution in [0.5, 0.6) is 5.75 Å². The maximum absolute atomic E-state index is 12.9. The summed E-state index contributed by atoms with van der Waals surface area (Å²) in [6.45, 7) is -0.708. The molecule has 1 aromatic rings. The molecule has 0 spiro atoms. The number of hydrogen-bond donors (Lipinski definition) is 2. The van der Waals surface area contributed by atoms with Crippen molar-refractivity contribution in [1.82, 2.24) is 15.5 Å². The first-order valence-corrected chi connectivity index (χ1v) is 9.51. The summed E-state index contributed by atoms with van der Waals surface area (Å²) in [4.78, 5) is 60.5. The van der Waals surface area contributed by atoms with Crippen LogP contribution < -0.4 is 15.4 Å². The van der Waals surface area contributed by atoms with Gasteiger partial charge in [-0.2, -0.15) is 13.2 Å². The second kappa shape index (κ2) is 9.34. The standard InChI is InChI=1S/C19H18F3N3O7/c20-19(21,22)18(30)23-6-7-31-8-9-32-12-3-1-2-10-14(12)17(29)25(16(10)28)11-4-5-13(26)24-15(11)27/h1-3,11H,4-9H2,(H,23,30)(H,24,26,27). The average Bonchev–Trinajstić information content (AvgIpc) is 2.98. The first kappa shape index (κ1) is 23.2. The Morgan fingerprint density at radius 3 is 2.56 bits per heavy atom. The molecule has 1 saturated heterocycles. The minimum atomic E-state index is -4.97. The Labute approximate surface area is 179 Å². The van der Waals surface area contributed by atoms with E-state index in [0.717, 1.165) is 4.90 Å². The highest BCUT2D eigenvalue weighted by Gasteiger charge is 2.46. The van der Waals surface area contributed by atoms with Crippen LogP contribution in [-0.4, -0.2) is 73.0 Å². The number of halogens is 3. The molecule has 172 valence electrons. The van der Waals surface area contributed by atoms with Gasteiger partial charge in [-0.1, -0.05) is 6.07 Å². The maximum atomic E-state index is 12.9. The summed E-state index contributed by atoms with van der Waals surface area (Å²) in [5.74, 6) is -4.62. The van der Waals surface area contributed by atoms with Crippen molar-refractivity contribution >= 4 is 29.5 Å². The van der Waals surface area contributed by atoms with Crippen molar-refractivity contribution in [3.63, 3.8) is 0 Å². The van der Waals surface area contributed by atoms with Crippen molar-refractivity contribution in [2.75, 3.05) is 26.4 Å². The van der Waals surface area contributed by atoms with Gasteiger partial charge in [0, 0.05) is 13.0 Å². The molecule has 1 fully saturated rings. The zero-order valence-corrected chi connectivity index (χ0v) is 16.5. The molecule has 2 aliphatic rings. The minimum absolute atomic E-state index is 0.00602. The molecule has 0 bridgehead atoms. The van der Waals surface area contributed by atoms with E-state index in [-0.39, 0.29) is 56.1 Å². The maximum Gasteiger partial charge on any atom is 0.471 e. The normalized spacial score (nSPS) is 18.5. The summed E-state index contributed by atoms with van der Waals surface area (Å²) < 4.78 is 46.7. The number of nitrogens with zero attached hydrogens (tertiary/aromatic N) is 1. The summed E-state index contributed by atoms with van der Waals surface area (Å²) in [5.41, 5.74) is 0.0209. The largest absolute Gasteiger partial charge is 0.490 e. The van der Waals surface area contributed by atoms with Gasteiger partial charge in [0.05, 0.1) is 24.3 Å². The summed E-state index contributed by atoms with van der Waals surface area (Å²) in [6, 6.07) is 3.24. The molecule has 1 atom stereocenters. The van der Waals surface area contributed by atoms with Crippen LogP contribution in [0.2, 0.25) is 0 Å². The zero-order valence-electron chi connectivity index (χ0n) is 16.5. The highest BCUT2D eigenvalue weighted by molar-refractivity contribution is 6.24. The first-order valence-electron chi connectivity index (χ1n) is 9.51. The van der Waals surface area contributed by atoms with Gasteiger partial charge in [-0.3, -0.25) is 34.2 Å². The molecule has 5 amide bonds. The summed E-state index contributed by atoms with van der Waals surface area (Å²) in [7, 11) is 0. The van der Waals surface area contributed by atoms with Gasteiger partial charge in [0.25, 0.3) is 11.8 Å². The molecule has 0 aliphatic carbocycles. The first-order chi connectivity index (χ1) is 15.1. The Hall–Kier alpha value is -3.48. The molecule has 32 heavy (non-hydrogen) atoms. The highest BCUT2D eigenvalue weighted by Crippen LogP contribution is 2.33. The van der Waals surface area contributed by atoms with E-state index < -0.39 is 41.8 Å². The van der Waals surface area contributed by atoms with E-state index in [1.807, 2.05) is 0 Å². The lowest BCUT2D eigenvalue weighted by atomic mass is 10.0. The second-order valence-electron chi connectivity index (χ2n) is 6.84. The quantitative estimate of drug-likeness (QED) is 0.420.